The van der Waals surface area contributed by atoms with E-state index < -0.39 is 8.32 Å². The molecule has 0 radical (unpaired) electrons. The molecule has 17 heavy (non-hydrogen) atoms. The molecule has 1 aliphatic rings. The first-order chi connectivity index (χ1) is 7.47. The van der Waals surface area contributed by atoms with Crippen molar-refractivity contribution < 1.29 is 4.43 Å². The van der Waals surface area contributed by atoms with Crippen molar-refractivity contribution in [2.45, 2.75) is 72.2 Å². The van der Waals surface area contributed by atoms with Crippen molar-refractivity contribution in [3.05, 3.63) is 0 Å². The molecule has 0 bridgehead atoms. The normalized spacial score (nSPS) is 34.6. The fraction of sp³-hybridized carbons (Fsp3) is 1.00. The standard InChI is InChI=1S/C14H29ClOSi/c1-12(2)11-17(6,7)16-14(5,9-8-10-15)13(12,3)4/h8-11H2,1-7H3. The largest absolute Gasteiger partial charge is 0.412 e. The van der Waals surface area contributed by atoms with Gasteiger partial charge in [0.05, 0.1) is 5.60 Å². The molecule has 1 unspecified atom stereocenters. The minimum absolute atomic E-state index is 0.0284. The molecule has 0 saturated carbocycles. The average Bonchev–Trinajstić information content (AvgIpc) is 2.09. The van der Waals surface area contributed by atoms with Crippen LogP contribution >= 0.6 is 11.6 Å². The van der Waals surface area contributed by atoms with Crippen LogP contribution in [0.5, 0.6) is 0 Å². The lowest BCUT2D eigenvalue weighted by Gasteiger charge is -2.61. The van der Waals surface area contributed by atoms with Gasteiger partial charge in [-0.05, 0) is 49.7 Å². The molecule has 1 rings (SSSR count). The molecule has 0 aromatic rings. The number of halogens is 1. The van der Waals surface area contributed by atoms with Gasteiger partial charge in [-0.2, -0.15) is 0 Å². The second-order valence-corrected chi connectivity index (χ2v) is 12.0. The van der Waals surface area contributed by atoms with Gasteiger partial charge in [0.25, 0.3) is 0 Å². The summed E-state index contributed by atoms with van der Waals surface area (Å²) in [6.07, 6.45) is 2.12. The van der Waals surface area contributed by atoms with E-state index in [0.717, 1.165) is 18.7 Å². The molecular formula is C14H29ClOSi. The Balaban J connectivity index is 3.08. The summed E-state index contributed by atoms with van der Waals surface area (Å²) < 4.78 is 6.59. The number of rotatable bonds is 3. The molecule has 1 atom stereocenters. The minimum atomic E-state index is -1.54. The lowest BCUT2D eigenvalue weighted by molar-refractivity contribution is -0.124. The van der Waals surface area contributed by atoms with Gasteiger partial charge in [-0.3, -0.25) is 0 Å². The highest BCUT2D eigenvalue weighted by Gasteiger charge is 2.58. The summed E-state index contributed by atoms with van der Waals surface area (Å²) in [7, 11) is -1.54. The van der Waals surface area contributed by atoms with E-state index in [1.807, 2.05) is 0 Å². The Kier molecular flexibility index (Phi) is 4.14. The first-order valence-corrected chi connectivity index (χ1v) is 10.4. The fourth-order valence-electron chi connectivity index (χ4n) is 3.54. The van der Waals surface area contributed by atoms with Gasteiger partial charge < -0.3 is 4.43 Å². The molecule has 1 saturated heterocycles. The summed E-state index contributed by atoms with van der Waals surface area (Å²) >= 11 is 5.87. The van der Waals surface area contributed by atoms with Gasteiger partial charge in [0, 0.05) is 5.88 Å². The second kappa shape index (κ2) is 4.54. The summed E-state index contributed by atoms with van der Waals surface area (Å²) in [6, 6.07) is 1.24. The number of hydrogen-bond donors (Lipinski definition) is 0. The van der Waals surface area contributed by atoms with Gasteiger partial charge in [-0.15, -0.1) is 11.6 Å². The Labute approximate surface area is 113 Å². The molecule has 0 N–H and O–H groups in total. The third-order valence-corrected chi connectivity index (χ3v) is 8.18. The van der Waals surface area contributed by atoms with E-state index >= 15 is 0 Å². The van der Waals surface area contributed by atoms with Crippen LogP contribution < -0.4 is 0 Å². The Hall–Kier alpha value is 0.467. The zero-order valence-electron chi connectivity index (χ0n) is 12.6. The molecule has 0 spiro atoms. The van der Waals surface area contributed by atoms with Crippen LogP contribution in [0.1, 0.15) is 47.5 Å². The SMILES string of the molecule is CC1(C)C[Si](C)(C)OC(C)(CCCCl)C1(C)C. The van der Waals surface area contributed by atoms with E-state index in [4.69, 9.17) is 16.0 Å². The zero-order chi connectivity index (χ0) is 13.5. The van der Waals surface area contributed by atoms with E-state index in [-0.39, 0.29) is 11.0 Å². The first-order valence-electron chi connectivity index (χ1n) is 6.74. The maximum atomic E-state index is 6.59. The van der Waals surface area contributed by atoms with Crippen LogP contribution in [0.25, 0.3) is 0 Å². The van der Waals surface area contributed by atoms with Crippen molar-refractivity contribution in [1.29, 1.82) is 0 Å². The average molecular weight is 277 g/mol. The Morgan fingerprint density at radius 1 is 1.12 bits per heavy atom. The van der Waals surface area contributed by atoms with Crippen molar-refractivity contribution in [3.63, 3.8) is 0 Å². The van der Waals surface area contributed by atoms with Crippen LogP contribution in [-0.4, -0.2) is 19.8 Å². The lowest BCUT2D eigenvalue weighted by atomic mass is 9.59. The third-order valence-electron chi connectivity index (χ3n) is 5.17. The monoisotopic (exact) mass is 276 g/mol. The van der Waals surface area contributed by atoms with E-state index in [1.54, 1.807) is 0 Å². The molecule has 0 aromatic carbocycles. The zero-order valence-corrected chi connectivity index (χ0v) is 14.4. The Morgan fingerprint density at radius 3 is 2.12 bits per heavy atom. The van der Waals surface area contributed by atoms with Crippen molar-refractivity contribution in [1.82, 2.24) is 0 Å². The second-order valence-electron chi connectivity index (χ2n) is 7.57. The molecular weight excluding hydrogens is 248 g/mol. The lowest BCUT2D eigenvalue weighted by Crippen LogP contribution is -2.63. The topological polar surface area (TPSA) is 9.23 Å². The van der Waals surface area contributed by atoms with Crippen LogP contribution in [0.2, 0.25) is 19.1 Å². The molecule has 102 valence electrons. The van der Waals surface area contributed by atoms with Crippen molar-refractivity contribution in [3.8, 4) is 0 Å². The van der Waals surface area contributed by atoms with Gasteiger partial charge in [0.2, 0.25) is 0 Å². The van der Waals surface area contributed by atoms with E-state index in [0.29, 0.717) is 5.41 Å². The maximum absolute atomic E-state index is 6.59. The van der Waals surface area contributed by atoms with E-state index in [9.17, 15) is 0 Å². The molecule has 1 heterocycles. The highest BCUT2D eigenvalue weighted by atomic mass is 35.5. The van der Waals surface area contributed by atoms with Crippen molar-refractivity contribution in [2.75, 3.05) is 5.88 Å². The van der Waals surface area contributed by atoms with E-state index in [1.165, 1.54) is 6.04 Å². The van der Waals surface area contributed by atoms with Gasteiger partial charge in [0.1, 0.15) is 0 Å². The summed E-state index contributed by atoms with van der Waals surface area (Å²) in [4.78, 5) is 0. The Bertz CT molecular complexity index is 286. The van der Waals surface area contributed by atoms with Crippen LogP contribution in [0.4, 0.5) is 0 Å². The molecule has 1 aliphatic heterocycles. The van der Waals surface area contributed by atoms with Gasteiger partial charge in [-0.25, -0.2) is 0 Å². The van der Waals surface area contributed by atoms with Gasteiger partial charge in [-0.1, -0.05) is 27.7 Å². The predicted molar refractivity (Wildman–Crippen MR) is 79.3 cm³/mol. The minimum Gasteiger partial charge on any atom is -0.412 e. The fourth-order valence-corrected chi connectivity index (χ4v) is 7.90. The molecule has 1 nitrogen and oxygen atoms in total. The molecule has 0 aromatic heterocycles. The Morgan fingerprint density at radius 2 is 1.65 bits per heavy atom. The van der Waals surface area contributed by atoms with Crippen LogP contribution in [0, 0.1) is 10.8 Å². The maximum Gasteiger partial charge on any atom is 0.188 e. The predicted octanol–water partition coefficient (Wildman–Crippen LogP) is 5.05. The third kappa shape index (κ3) is 2.74. The van der Waals surface area contributed by atoms with E-state index in [2.05, 4.69) is 47.7 Å². The number of hydrogen-bond acceptors (Lipinski definition) is 1. The highest BCUT2D eigenvalue weighted by Crippen LogP contribution is 2.58. The van der Waals surface area contributed by atoms with Crippen LogP contribution in [0.15, 0.2) is 0 Å². The van der Waals surface area contributed by atoms with Gasteiger partial charge >= 0.3 is 0 Å². The summed E-state index contributed by atoms with van der Waals surface area (Å²) in [6.45, 7) is 16.5. The quantitative estimate of drug-likeness (QED) is 0.518. The summed E-state index contributed by atoms with van der Waals surface area (Å²) in [5, 5.41) is 0. The van der Waals surface area contributed by atoms with Crippen molar-refractivity contribution >= 4 is 19.9 Å². The van der Waals surface area contributed by atoms with Crippen LogP contribution in [0.3, 0.4) is 0 Å². The summed E-state index contributed by atoms with van der Waals surface area (Å²) in [5.74, 6) is 0.734. The van der Waals surface area contributed by atoms with Crippen LogP contribution in [-0.2, 0) is 4.43 Å². The molecule has 0 aliphatic carbocycles. The number of alkyl halides is 1. The molecule has 0 amide bonds. The van der Waals surface area contributed by atoms with Crippen molar-refractivity contribution in [2.24, 2.45) is 10.8 Å². The molecule has 3 heteroatoms. The summed E-state index contributed by atoms with van der Waals surface area (Å²) in [5.41, 5.74) is 0.496. The smallest absolute Gasteiger partial charge is 0.188 e. The molecule has 1 fully saturated rings. The highest BCUT2D eigenvalue weighted by molar-refractivity contribution is 6.71. The first kappa shape index (κ1) is 15.5. The van der Waals surface area contributed by atoms with Gasteiger partial charge in [0.15, 0.2) is 8.32 Å².